The van der Waals surface area contributed by atoms with Crippen molar-refractivity contribution < 1.29 is 14.3 Å². The number of carbonyl (C=O) groups excluding carboxylic acids is 2. The van der Waals surface area contributed by atoms with E-state index in [9.17, 15) is 9.59 Å². The number of likely N-dealkylation sites (N-methyl/N-ethyl adjacent to an activating group) is 1. The van der Waals surface area contributed by atoms with Crippen LogP contribution in [0.3, 0.4) is 0 Å². The molecule has 2 N–H and O–H groups in total. The lowest BCUT2D eigenvalue weighted by Gasteiger charge is -2.35. The fraction of sp³-hybridized carbons (Fsp3) is 0.455. The van der Waals surface area contributed by atoms with Gasteiger partial charge in [-0.3, -0.25) is 4.79 Å². The third kappa shape index (κ3) is 4.29. The third-order valence-electron chi connectivity index (χ3n) is 5.70. The molecule has 2 aromatic rings. The Bertz CT molecular complexity index is 911. The fourth-order valence-corrected chi connectivity index (χ4v) is 3.88. The minimum Gasteiger partial charge on any atom is -0.465 e. The summed E-state index contributed by atoms with van der Waals surface area (Å²) in [6.45, 7) is 12.9. The van der Waals surface area contributed by atoms with Crippen molar-refractivity contribution in [3.8, 4) is 0 Å². The van der Waals surface area contributed by atoms with Gasteiger partial charge >= 0.3 is 5.97 Å². The van der Waals surface area contributed by atoms with Crippen LogP contribution in [0.1, 0.15) is 44.6 Å². The van der Waals surface area contributed by atoms with Gasteiger partial charge in [0, 0.05) is 43.2 Å². The second kappa shape index (κ2) is 8.69. The van der Waals surface area contributed by atoms with E-state index in [1.165, 1.54) is 12.8 Å². The standard InChI is InChI=1S/C22H30N4O3/c1-6-25-9-11-26(12-10-25)17-7-8-18(14(2)13-17)24-21(27)20-15(3)19(16(4)23-20)22(28)29-5/h7-8,13,23H,6,9-12H2,1-5H3,(H,24,27). The number of hydrogen-bond donors (Lipinski definition) is 2. The first-order valence-electron chi connectivity index (χ1n) is 10.0. The number of aromatic nitrogens is 1. The highest BCUT2D eigenvalue weighted by molar-refractivity contribution is 6.07. The molecule has 2 heterocycles. The number of H-pyrrole nitrogens is 1. The molecule has 7 nitrogen and oxygen atoms in total. The largest absolute Gasteiger partial charge is 0.465 e. The highest BCUT2D eigenvalue weighted by atomic mass is 16.5. The number of amides is 1. The van der Waals surface area contributed by atoms with Crippen LogP contribution in [0.25, 0.3) is 0 Å². The Morgan fingerprint density at radius 2 is 1.83 bits per heavy atom. The maximum absolute atomic E-state index is 12.8. The Balaban J connectivity index is 1.74. The van der Waals surface area contributed by atoms with Crippen LogP contribution in [0.15, 0.2) is 18.2 Å². The molecule has 3 rings (SSSR count). The Hall–Kier alpha value is -2.80. The van der Waals surface area contributed by atoms with Crippen molar-refractivity contribution in [3.63, 3.8) is 0 Å². The SMILES string of the molecule is CCN1CCN(c2ccc(NC(=O)c3[nH]c(C)c(C(=O)OC)c3C)c(C)c2)CC1. The molecular formula is C22H30N4O3. The number of anilines is 2. The van der Waals surface area contributed by atoms with Gasteiger partial charge in [-0.2, -0.15) is 0 Å². The molecule has 0 spiro atoms. The smallest absolute Gasteiger partial charge is 0.339 e. The zero-order valence-electron chi connectivity index (χ0n) is 17.9. The monoisotopic (exact) mass is 398 g/mol. The van der Waals surface area contributed by atoms with Crippen LogP contribution in [-0.2, 0) is 4.74 Å². The van der Waals surface area contributed by atoms with Crippen LogP contribution < -0.4 is 10.2 Å². The topological polar surface area (TPSA) is 77.7 Å². The maximum atomic E-state index is 12.8. The Morgan fingerprint density at radius 3 is 2.41 bits per heavy atom. The summed E-state index contributed by atoms with van der Waals surface area (Å²) in [7, 11) is 1.33. The lowest BCUT2D eigenvalue weighted by Crippen LogP contribution is -2.46. The number of aryl methyl sites for hydroxylation is 2. The van der Waals surface area contributed by atoms with E-state index < -0.39 is 5.97 Å². The minimum atomic E-state index is -0.445. The number of carbonyl (C=O) groups is 2. The summed E-state index contributed by atoms with van der Waals surface area (Å²) < 4.78 is 4.81. The highest BCUT2D eigenvalue weighted by Gasteiger charge is 2.23. The van der Waals surface area contributed by atoms with Crippen LogP contribution in [-0.4, -0.2) is 61.6 Å². The van der Waals surface area contributed by atoms with E-state index in [1.807, 2.05) is 13.0 Å². The molecule has 1 fully saturated rings. The van der Waals surface area contributed by atoms with Crippen molar-refractivity contribution in [2.24, 2.45) is 0 Å². The van der Waals surface area contributed by atoms with Gasteiger partial charge in [0.15, 0.2) is 0 Å². The first-order chi connectivity index (χ1) is 13.8. The number of nitrogens with zero attached hydrogens (tertiary/aromatic N) is 2. The zero-order chi connectivity index (χ0) is 21.1. The van der Waals surface area contributed by atoms with Gasteiger partial charge in [-0.15, -0.1) is 0 Å². The summed E-state index contributed by atoms with van der Waals surface area (Å²) in [5.41, 5.74) is 4.95. The van der Waals surface area contributed by atoms with E-state index in [0.29, 0.717) is 22.5 Å². The molecule has 29 heavy (non-hydrogen) atoms. The Morgan fingerprint density at radius 1 is 1.14 bits per heavy atom. The van der Waals surface area contributed by atoms with Gasteiger partial charge < -0.3 is 24.8 Å². The maximum Gasteiger partial charge on any atom is 0.339 e. The number of methoxy groups -OCH3 is 1. The average Bonchev–Trinajstić information content (AvgIpc) is 3.03. The van der Waals surface area contributed by atoms with Gasteiger partial charge in [0.05, 0.1) is 12.7 Å². The molecule has 0 saturated carbocycles. The van der Waals surface area contributed by atoms with Gasteiger partial charge in [0.25, 0.3) is 5.91 Å². The van der Waals surface area contributed by atoms with Gasteiger partial charge in [-0.05, 0) is 56.6 Å². The summed E-state index contributed by atoms with van der Waals surface area (Å²) in [4.78, 5) is 32.6. The Labute approximate surface area is 172 Å². The molecule has 0 aliphatic carbocycles. The molecule has 1 saturated heterocycles. The molecule has 1 amide bonds. The molecule has 1 aromatic carbocycles. The summed E-state index contributed by atoms with van der Waals surface area (Å²) >= 11 is 0. The molecule has 0 atom stereocenters. The number of hydrogen-bond acceptors (Lipinski definition) is 5. The normalized spacial score (nSPS) is 14.7. The number of benzene rings is 1. The van der Waals surface area contributed by atoms with Crippen LogP contribution in [0.5, 0.6) is 0 Å². The molecule has 1 aliphatic rings. The molecule has 0 unspecified atom stereocenters. The number of rotatable bonds is 5. The van der Waals surface area contributed by atoms with Crippen molar-refractivity contribution in [3.05, 3.63) is 46.3 Å². The minimum absolute atomic E-state index is 0.270. The molecule has 0 radical (unpaired) electrons. The summed E-state index contributed by atoms with van der Waals surface area (Å²) in [5, 5.41) is 2.96. The van der Waals surface area contributed by atoms with Crippen LogP contribution in [0, 0.1) is 20.8 Å². The summed E-state index contributed by atoms with van der Waals surface area (Å²) in [6.07, 6.45) is 0. The number of piperazine rings is 1. The number of aromatic amines is 1. The number of esters is 1. The molecule has 0 bridgehead atoms. The average molecular weight is 399 g/mol. The number of ether oxygens (including phenoxy) is 1. The van der Waals surface area contributed by atoms with Gasteiger partial charge in [-0.25, -0.2) is 4.79 Å². The van der Waals surface area contributed by atoms with E-state index in [4.69, 9.17) is 4.74 Å². The van der Waals surface area contributed by atoms with E-state index in [1.54, 1.807) is 13.8 Å². The first-order valence-corrected chi connectivity index (χ1v) is 10.0. The van der Waals surface area contributed by atoms with E-state index >= 15 is 0 Å². The van der Waals surface area contributed by atoms with Crippen molar-refractivity contribution in [2.75, 3.05) is 50.1 Å². The zero-order valence-corrected chi connectivity index (χ0v) is 17.9. The van der Waals surface area contributed by atoms with Gasteiger partial charge in [-0.1, -0.05) is 6.92 Å². The van der Waals surface area contributed by atoms with Gasteiger partial charge in [0.2, 0.25) is 0 Å². The first kappa shape index (κ1) is 20.9. The summed E-state index contributed by atoms with van der Waals surface area (Å²) in [6, 6.07) is 6.11. The van der Waals surface area contributed by atoms with Crippen molar-refractivity contribution >= 4 is 23.3 Å². The molecule has 7 heteroatoms. The molecule has 1 aromatic heterocycles. The summed E-state index contributed by atoms with van der Waals surface area (Å²) in [5.74, 6) is -0.716. The van der Waals surface area contributed by atoms with Crippen LogP contribution in [0.2, 0.25) is 0 Å². The quantitative estimate of drug-likeness (QED) is 0.757. The molecule has 1 aliphatic heterocycles. The van der Waals surface area contributed by atoms with Crippen LogP contribution in [0.4, 0.5) is 11.4 Å². The second-order valence-electron chi connectivity index (χ2n) is 7.49. The molecular weight excluding hydrogens is 368 g/mol. The predicted octanol–water partition coefficient (Wildman–Crippen LogP) is 3.12. The van der Waals surface area contributed by atoms with E-state index in [2.05, 4.69) is 39.2 Å². The van der Waals surface area contributed by atoms with E-state index in [-0.39, 0.29) is 5.91 Å². The van der Waals surface area contributed by atoms with E-state index in [0.717, 1.165) is 44.0 Å². The van der Waals surface area contributed by atoms with Crippen molar-refractivity contribution in [2.45, 2.75) is 27.7 Å². The lowest BCUT2D eigenvalue weighted by molar-refractivity contribution is 0.0599. The molecule has 156 valence electrons. The van der Waals surface area contributed by atoms with Crippen molar-refractivity contribution in [1.29, 1.82) is 0 Å². The Kier molecular flexibility index (Phi) is 6.27. The van der Waals surface area contributed by atoms with Crippen LogP contribution >= 0.6 is 0 Å². The fourth-order valence-electron chi connectivity index (χ4n) is 3.88. The lowest BCUT2D eigenvalue weighted by atomic mass is 10.1. The highest BCUT2D eigenvalue weighted by Crippen LogP contribution is 2.25. The second-order valence-corrected chi connectivity index (χ2v) is 7.49. The number of nitrogens with one attached hydrogen (secondary N) is 2. The predicted molar refractivity (Wildman–Crippen MR) is 115 cm³/mol. The van der Waals surface area contributed by atoms with Gasteiger partial charge in [0.1, 0.15) is 5.69 Å². The third-order valence-corrected chi connectivity index (χ3v) is 5.70. The van der Waals surface area contributed by atoms with Crippen molar-refractivity contribution in [1.82, 2.24) is 9.88 Å².